The fourth-order valence-corrected chi connectivity index (χ4v) is 2.86. The van der Waals surface area contributed by atoms with Crippen LogP contribution in [0.3, 0.4) is 0 Å². The van der Waals surface area contributed by atoms with Crippen LogP contribution in [0.4, 0.5) is 11.4 Å². The van der Waals surface area contributed by atoms with Crippen molar-refractivity contribution in [2.75, 3.05) is 5.32 Å². The zero-order valence-corrected chi connectivity index (χ0v) is 13.7. The summed E-state index contributed by atoms with van der Waals surface area (Å²) in [5.41, 5.74) is 4.11. The molecule has 0 fully saturated rings. The fourth-order valence-electron chi connectivity index (χ4n) is 2.25. The maximum atomic E-state index is 11.1. The third-order valence-electron chi connectivity index (χ3n) is 3.26. The van der Waals surface area contributed by atoms with E-state index in [2.05, 4.69) is 26.2 Å². The molecule has 0 aliphatic heterocycles. The average molecular weight is 350 g/mol. The molecule has 1 aromatic carbocycles. The summed E-state index contributed by atoms with van der Waals surface area (Å²) in [6.45, 7) is 5.90. The summed E-state index contributed by atoms with van der Waals surface area (Å²) in [5, 5.41) is 14.4. The van der Waals surface area contributed by atoms with Crippen molar-refractivity contribution in [3.05, 3.63) is 61.4 Å². The molecule has 0 radical (unpaired) electrons. The van der Waals surface area contributed by atoms with Crippen LogP contribution >= 0.6 is 15.9 Å². The first-order chi connectivity index (χ1) is 9.88. The van der Waals surface area contributed by atoms with Crippen LogP contribution in [0.15, 0.2) is 28.9 Å². The first kappa shape index (κ1) is 15.4. The SMILES string of the molecule is Cc1cc(Br)cc(NCc2ncc(C)c([N+](=O)[O-])c2C)c1. The second-order valence-corrected chi connectivity index (χ2v) is 5.91. The minimum atomic E-state index is -0.348. The van der Waals surface area contributed by atoms with Gasteiger partial charge in [-0.25, -0.2) is 0 Å². The zero-order valence-electron chi connectivity index (χ0n) is 12.1. The third kappa shape index (κ3) is 3.58. The van der Waals surface area contributed by atoms with E-state index in [9.17, 15) is 10.1 Å². The topological polar surface area (TPSA) is 68.1 Å². The molecule has 2 rings (SSSR count). The Morgan fingerprint density at radius 2 is 2.00 bits per heavy atom. The van der Waals surface area contributed by atoms with Crippen molar-refractivity contribution in [2.24, 2.45) is 0 Å². The highest BCUT2D eigenvalue weighted by Crippen LogP contribution is 2.25. The Hall–Kier alpha value is -1.95. The lowest BCUT2D eigenvalue weighted by Gasteiger charge is -2.10. The summed E-state index contributed by atoms with van der Waals surface area (Å²) >= 11 is 3.45. The zero-order chi connectivity index (χ0) is 15.6. The van der Waals surface area contributed by atoms with Gasteiger partial charge in [0, 0.05) is 21.9 Å². The quantitative estimate of drug-likeness (QED) is 0.660. The Kier molecular flexibility index (Phi) is 4.57. The van der Waals surface area contributed by atoms with Crippen molar-refractivity contribution in [2.45, 2.75) is 27.3 Å². The Balaban J connectivity index is 2.24. The third-order valence-corrected chi connectivity index (χ3v) is 3.72. The number of nitrogens with zero attached hydrogens (tertiary/aromatic N) is 2. The molecule has 0 amide bonds. The van der Waals surface area contributed by atoms with Gasteiger partial charge < -0.3 is 5.32 Å². The molecule has 0 aliphatic rings. The number of rotatable bonds is 4. The smallest absolute Gasteiger partial charge is 0.278 e. The number of nitro groups is 1. The Labute approximate surface area is 131 Å². The lowest BCUT2D eigenvalue weighted by atomic mass is 10.1. The molecule has 0 atom stereocenters. The molecule has 2 aromatic rings. The molecule has 0 saturated heterocycles. The van der Waals surface area contributed by atoms with Gasteiger partial charge in [0.05, 0.1) is 22.7 Å². The average Bonchev–Trinajstić information content (AvgIpc) is 2.36. The van der Waals surface area contributed by atoms with E-state index in [-0.39, 0.29) is 10.6 Å². The van der Waals surface area contributed by atoms with Crippen LogP contribution in [0.1, 0.15) is 22.4 Å². The molecule has 6 heteroatoms. The van der Waals surface area contributed by atoms with Gasteiger partial charge >= 0.3 is 0 Å². The highest BCUT2D eigenvalue weighted by Gasteiger charge is 2.18. The van der Waals surface area contributed by atoms with Crippen LogP contribution in [0.2, 0.25) is 0 Å². The maximum absolute atomic E-state index is 11.1. The molecule has 1 N–H and O–H groups in total. The Morgan fingerprint density at radius 1 is 1.29 bits per heavy atom. The number of aryl methyl sites for hydroxylation is 2. The number of benzene rings is 1. The fraction of sp³-hybridized carbons (Fsp3) is 0.267. The molecule has 0 saturated carbocycles. The number of anilines is 1. The number of hydrogen-bond acceptors (Lipinski definition) is 4. The number of halogens is 1. The van der Waals surface area contributed by atoms with Crippen molar-refractivity contribution in [1.82, 2.24) is 4.98 Å². The Bertz CT molecular complexity index is 681. The maximum Gasteiger partial charge on any atom is 0.278 e. The van der Waals surface area contributed by atoms with Crippen LogP contribution in [0, 0.1) is 30.9 Å². The predicted octanol–water partition coefficient (Wildman–Crippen LogP) is 4.29. The van der Waals surface area contributed by atoms with Crippen molar-refractivity contribution in [1.29, 1.82) is 0 Å². The van der Waals surface area contributed by atoms with E-state index in [1.165, 1.54) is 0 Å². The molecule has 0 unspecified atom stereocenters. The van der Waals surface area contributed by atoms with Crippen LogP contribution in [0.5, 0.6) is 0 Å². The summed E-state index contributed by atoms with van der Waals surface area (Å²) in [7, 11) is 0. The van der Waals surface area contributed by atoms with Gasteiger partial charge in [0.25, 0.3) is 5.69 Å². The number of aromatic nitrogens is 1. The van der Waals surface area contributed by atoms with Gasteiger partial charge in [-0.3, -0.25) is 15.1 Å². The van der Waals surface area contributed by atoms with Crippen LogP contribution in [0.25, 0.3) is 0 Å². The minimum Gasteiger partial charge on any atom is -0.379 e. The summed E-state index contributed by atoms with van der Waals surface area (Å²) in [5.74, 6) is 0. The molecule has 5 nitrogen and oxygen atoms in total. The van der Waals surface area contributed by atoms with E-state index in [1.54, 1.807) is 20.0 Å². The molecule has 0 aliphatic carbocycles. The van der Waals surface area contributed by atoms with Gasteiger partial charge in [-0.15, -0.1) is 0 Å². The van der Waals surface area contributed by atoms with Crippen molar-refractivity contribution in [3.63, 3.8) is 0 Å². The first-order valence-corrected chi connectivity index (χ1v) is 7.28. The van der Waals surface area contributed by atoms with Gasteiger partial charge in [0.1, 0.15) is 0 Å². The van der Waals surface area contributed by atoms with Gasteiger partial charge in [0.2, 0.25) is 0 Å². The molecule has 0 spiro atoms. The molecule has 1 heterocycles. The molecule has 110 valence electrons. The van der Waals surface area contributed by atoms with Gasteiger partial charge in [-0.1, -0.05) is 15.9 Å². The van der Waals surface area contributed by atoms with Crippen molar-refractivity contribution in [3.8, 4) is 0 Å². The van der Waals surface area contributed by atoms with E-state index >= 15 is 0 Å². The van der Waals surface area contributed by atoms with Gasteiger partial charge in [-0.2, -0.15) is 0 Å². The van der Waals surface area contributed by atoms with E-state index in [4.69, 9.17) is 0 Å². The van der Waals surface area contributed by atoms with E-state index in [0.717, 1.165) is 15.7 Å². The van der Waals surface area contributed by atoms with Crippen molar-refractivity contribution < 1.29 is 4.92 Å². The van der Waals surface area contributed by atoms with Crippen molar-refractivity contribution >= 4 is 27.3 Å². The molecule has 1 aromatic heterocycles. The lowest BCUT2D eigenvalue weighted by Crippen LogP contribution is -2.07. The van der Waals surface area contributed by atoms with E-state index in [0.29, 0.717) is 23.4 Å². The minimum absolute atomic E-state index is 0.146. The number of nitrogens with one attached hydrogen (secondary N) is 1. The summed E-state index contributed by atoms with van der Waals surface area (Å²) in [6.07, 6.45) is 1.55. The predicted molar refractivity (Wildman–Crippen MR) is 86.6 cm³/mol. The molecular weight excluding hydrogens is 334 g/mol. The van der Waals surface area contributed by atoms with Crippen LogP contribution in [-0.2, 0) is 6.54 Å². The van der Waals surface area contributed by atoms with E-state index in [1.807, 2.05) is 25.1 Å². The highest BCUT2D eigenvalue weighted by molar-refractivity contribution is 9.10. The van der Waals surface area contributed by atoms with Crippen LogP contribution in [-0.4, -0.2) is 9.91 Å². The van der Waals surface area contributed by atoms with E-state index < -0.39 is 0 Å². The summed E-state index contributed by atoms with van der Waals surface area (Å²) in [4.78, 5) is 15.1. The largest absolute Gasteiger partial charge is 0.379 e. The second kappa shape index (κ2) is 6.22. The number of hydrogen-bond donors (Lipinski definition) is 1. The normalized spacial score (nSPS) is 10.5. The Morgan fingerprint density at radius 3 is 2.62 bits per heavy atom. The molecular formula is C15H16BrN3O2. The first-order valence-electron chi connectivity index (χ1n) is 6.49. The lowest BCUT2D eigenvalue weighted by molar-refractivity contribution is -0.386. The second-order valence-electron chi connectivity index (χ2n) is 4.99. The summed E-state index contributed by atoms with van der Waals surface area (Å²) < 4.78 is 0.990. The van der Waals surface area contributed by atoms with Gasteiger partial charge in [0.15, 0.2) is 0 Å². The van der Waals surface area contributed by atoms with Gasteiger partial charge in [-0.05, 0) is 44.5 Å². The molecule has 0 bridgehead atoms. The van der Waals surface area contributed by atoms with Crippen LogP contribution < -0.4 is 5.32 Å². The molecule has 21 heavy (non-hydrogen) atoms. The standard InChI is InChI=1S/C15H16BrN3O2/c1-9-4-12(16)6-13(5-9)17-8-14-11(3)15(19(20)21)10(2)7-18-14/h4-7,17H,8H2,1-3H3. The summed E-state index contributed by atoms with van der Waals surface area (Å²) in [6, 6.07) is 6.00. The highest BCUT2D eigenvalue weighted by atomic mass is 79.9. The number of pyridine rings is 1. The monoisotopic (exact) mass is 349 g/mol.